The Morgan fingerprint density at radius 1 is 1.20 bits per heavy atom. The molecule has 0 saturated heterocycles. The Morgan fingerprint density at radius 3 is 2.64 bits per heavy atom. The van der Waals surface area contributed by atoms with Gasteiger partial charge in [0.05, 0.1) is 6.21 Å². The van der Waals surface area contributed by atoms with Crippen molar-refractivity contribution in [1.29, 1.82) is 0 Å². The van der Waals surface area contributed by atoms with Gasteiger partial charge in [0.15, 0.2) is 6.10 Å². The number of nitrogens with zero attached hydrogens (tertiary/aromatic N) is 1. The van der Waals surface area contributed by atoms with Gasteiger partial charge < -0.3 is 4.74 Å². The summed E-state index contributed by atoms with van der Waals surface area (Å²) in [6, 6.07) is 13.7. The number of hydrogen-bond acceptors (Lipinski definition) is 3. The first-order chi connectivity index (χ1) is 11.9. The van der Waals surface area contributed by atoms with E-state index in [2.05, 4.69) is 46.4 Å². The fourth-order valence-electron chi connectivity index (χ4n) is 2.19. The van der Waals surface area contributed by atoms with Crippen molar-refractivity contribution in [2.45, 2.75) is 39.7 Å². The zero-order valence-corrected chi connectivity index (χ0v) is 16.5. The second-order valence-electron chi connectivity index (χ2n) is 6.23. The van der Waals surface area contributed by atoms with Gasteiger partial charge >= 0.3 is 0 Å². The van der Waals surface area contributed by atoms with E-state index in [9.17, 15) is 4.79 Å². The van der Waals surface area contributed by atoms with Gasteiger partial charge in [-0.05, 0) is 54.7 Å². The van der Waals surface area contributed by atoms with Gasteiger partial charge in [-0.2, -0.15) is 5.10 Å². The molecule has 5 heteroatoms. The lowest BCUT2D eigenvalue weighted by Gasteiger charge is -2.16. The predicted octanol–water partition coefficient (Wildman–Crippen LogP) is 4.80. The van der Waals surface area contributed by atoms with Crippen LogP contribution in [0.1, 0.15) is 43.4 Å². The summed E-state index contributed by atoms with van der Waals surface area (Å²) in [5, 5.41) is 3.99. The minimum absolute atomic E-state index is 0.291. The van der Waals surface area contributed by atoms with Crippen molar-refractivity contribution in [3.05, 3.63) is 63.6 Å². The van der Waals surface area contributed by atoms with Crippen LogP contribution in [-0.4, -0.2) is 18.2 Å². The second kappa shape index (κ2) is 8.81. The third-order valence-electron chi connectivity index (χ3n) is 3.79. The van der Waals surface area contributed by atoms with Crippen LogP contribution in [0.5, 0.6) is 5.75 Å². The molecule has 0 aliphatic carbocycles. The number of hydrogen-bond donors (Lipinski definition) is 1. The molecule has 0 heterocycles. The Bertz CT molecular complexity index is 772. The van der Waals surface area contributed by atoms with Crippen molar-refractivity contribution < 1.29 is 9.53 Å². The number of amides is 1. The van der Waals surface area contributed by atoms with Gasteiger partial charge in [-0.1, -0.05) is 54.0 Å². The van der Waals surface area contributed by atoms with Crippen molar-refractivity contribution in [3.8, 4) is 5.75 Å². The van der Waals surface area contributed by atoms with E-state index < -0.39 is 6.10 Å². The van der Waals surface area contributed by atoms with E-state index in [-0.39, 0.29) is 5.91 Å². The van der Waals surface area contributed by atoms with Crippen LogP contribution in [0.3, 0.4) is 0 Å². The van der Waals surface area contributed by atoms with Gasteiger partial charge in [0, 0.05) is 4.47 Å². The first kappa shape index (κ1) is 19.2. The van der Waals surface area contributed by atoms with Crippen molar-refractivity contribution in [1.82, 2.24) is 5.43 Å². The smallest absolute Gasteiger partial charge is 0.280 e. The minimum Gasteiger partial charge on any atom is -0.481 e. The lowest BCUT2D eigenvalue weighted by atomic mass is 10.0. The maximum atomic E-state index is 12.2. The topological polar surface area (TPSA) is 50.7 Å². The molecular weight excluding hydrogens is 380 g/mol. The predicted molar refractivity (Wildman–Crippen MR) is 105 cm³/mol. The molecule has 2 rings (SSSR count). The first-order valence-corrected chi connectivity index (χ1v) is 9.02. The number of carbonyl (C=O) groups excluding carboxylic acids is 1. The summed E-state index contributed by atoms with van der Waals surface area (Å²) in [6.07, 6.45) is 0.959. The van der Waals surface area contributed by atoms with Crippen LogP contribution >= 0.6 is 15.9 Å². The summed E-state index contributed by atoms with van der Waals surface area (Å²) in [7, 11) is 0. The Morgan fingerprint density at radius 2 is 1.96 bits per heavy atom. The molecule has 0 unspecified atom stereocenters. The first-order valence-electron chi connectivity index (χ1n) is 8.22. The Labute approximate surface area is 157 Å². The largest absolute Gasteiger partial charge is 0.481 e. The van der Waals surface area contributed by atoms with E-state index >= 15 is 0 Å². The van der Waals surface area contributed by atoms with E-state index in [1.807, 2.05) is 43.3 Å². The van der Waals surface area contributed by atoms with Gasteiger partial charge in [0.2, 0.25) is 0 Å². The fraction of sp³-hybridized carbons (Fsp3) is 0.300. The molecule has 1 N–H and O–H groups in total. The molecule has 0 radical (unpaired) electrons. The quantitative estimate of drug-likeness (QED) is 0.557. The number of nitrogens with one attached hydrogen (secondary N) is 1. The van der Waals surface area contributed by atoms with Crippen molar-refractivity contribution >= 4 is 28.1 Å². The van der Waals surface area contributed by atoms with E-state index in [1.54, 1.807) is 13.1 Å². The van der Waals surface area contributed by atoms with Gasteiger partial charge in [0.25, 0.3) is 5.91 Å². The van der Waals surface area contributed by atoms with Crippen molar-refractivity contribution in [2.24, 2.45) is 5.10 Å². The number of rotatable bonds is 6. The summed E-state index contributed by atoms with van der Waals surface area (Å²) < 4.78 is 6.78. The van der Waals surface area contributed by atoms with Gasteiger partial charge in [0.1, 0.15) is 5.75 Å². The number of ether oxygens (including phenoxy) is 1. The minimum atomic E-state index is -0.638. The number of carbonyl (C=O) groups is 1. The highest BCUT2D eigenvalue weighted by Crippen LogP contribution is 2.25. The van der Waals surface area contributed by atoms with Crippen LogP contribution < -0.4 is 10.2 Å². The van der Waals surface area contributed by atoms with Crippen molar-refractivity contribution in [2.75, 3.05) is 0 Å². The van der Waals surface area contributed by atoms with Crippen LogP contribution in [0.15, 0.2) is 52.0 Å². The summed E-state index contributed by atoms with van der Waals surface area (Å²) in [4.78, 5) is 12.2. The molecule has 0 aliphatic rings. The Balaban J connectivity index is 1.97. The van der Waals surface area contributed by atoms with Gasteiger partial charge in [-0.15, -0.1) is 0 Å². The van der Waals surface area contributed by atoms with Gasteiger partial charge in [-0.25, -0.2) is 5.43 Å². The highest BCUT2D eigenvalue weighted by atomic mass is 79.9. The third kappa shape index (κ3) is 5.71. The molecule has 132 valence electrons. The summed E-state index contributed by atoms with van der Waals surface area (Å²) >= 11 is 3.40. The molecule has 1 atom stereocenters. The molecule has 0 bridgehead atoms. The molecule has 1 amide bonds. The van der Waals surface area contributed by atoms with E-state index in [0.717, 1.165) is 21.3 Å². The third-order valence-corrected chi connectivity index (χ3v) is 4.28. The van der Waals surface area contributed by atoms with E-state index in [1.165, 1.54) is 5.56 Å². The molecule has 0 aliphatic heterocycles. The summed E-state index contributed by atoms with van der Waals surface area (Å²) in [5.41, 5.74) is 5.59. The number of halogens is 1. The highest BCUT2D eigenvalue weighted by molar-refractivity contribution is 9.10. The summed E-state index contributed by atoms with van der Waals surface area (Å²) in [6.45, 7) is 7.93. The standard InChI is InChI=1S/C20H23BrN2O2/c1-13(2)17-9-8-14(3)19(11-17)25-15(4)20(24)23-22-12-16-6-5-7-18(21)10-16/h5-13,15H,1-4H3,(H,23,24)/t15-/m1/s1. The molecule has 25 heavy (non-hydrogen) atoms. The monoisotopic (exact) mass is 402 g/mol. The van der Waals surface area contributed by atoms with E-state index in [0.29, 0.717) is 5.92 Å². The Hall–Kier alpha value is -2.14. The molecular formula is C20H23BrN2O2. The average Bonchev–Trinajstić information content (AvgIpc) is 2.56. The Kier molecular flexibility index (Phi) is 6.76. The molecule has 0 saturated carbocycles. The number of benzene rings is 2. The lowest BCUT2D eigenvalue weighted by molar-refractivity contribution is -0.127. The van der Waals surface area contributed by atoms with Crippen LogP contribution in [-0.2, 0) is 4.79 Å². The van der Waals surface area contributed by atoms with Crippen LogP contribution in [0.4, 0.5) is 0 Å². The van der Waals surface area contributed by atoms with Crippen LogP contribution in [0.2, 0.25) is 0 Å². The SMILES string of the molecule is Cc1ccc(C(C)C)cc1O[C@H](C)C(=O)NN=Cc1cccc(Br)c1. The van der Waals surface area contributed by atoms with Crippen LogP contribution in [0.25, 0.3) is 0 Å². The molecule has 0 spiro atoms. The fourth-order valence-corrected chi connectivity index (χ4v) is 2.61. The van der Waals surface area contributed by atoms with Gasteiger partial charge in [-0.3, -0.25) is 4.79 Å². The van der Waals surface area contributed by atoms with Crippen molar-refractivity contribution in [3.63, 3.8) is 0 Å². The lowest BCUT2D eigenvalue weighted by Crippen LogP contribution is -2.33. The number of aryl methyl sites for hydroxylation is 1. The highest BCUT2D eigenvalue weighted by Gasteiger charge is 2.15. The summed E-state index contributed by atoms with van der Waals surface area (Å²) in [5.74, 6) is 0.840. The average molecular weight is 403 g/mol. The second-order valence-corrected chi connectivity index (χ2v) is 7.14. The number of hydrazone groups is 1. The molecule has 4 nitrogen and oxygen atoms in total. The normalized spacial score (nSPS) is 12.4. The molecule has 2 aromatic rings. The zero-order chi connectivity index (χ0) is 18.4. The maximum absolute atomic E-state index is 12.2. The molecule has 2 aromatic carbocycles. The van der Waals surface area contributed by atoms with Crippen LogP contribution in [0, 0.1) is 6.92 Å². The molecule has 0 aromatic heterocycles. The maximum Gasteiger partial charge on any atom is 0.280 e. The molecule has 0 fully saturated rings. The zero-order valence-electron chi connectivity index (χ0n) is 14.9. The van der Waals surface area contributed by atoms with E-state index in [4.69, 9.17) is 4.74 Å².